The van der Waals surface area contributed by atoms with Crippen LogP contribution in [-0.4, -0.2) is 17.0 Å². The third-order valence-corrected chi connectivity index (χ3v) is 2.71. The standard InChI is InChI=1S/C14H15N3O3/c1-15-8-12-4-7-14(9-16-12)20-10-11-2-5-13(6-3-11)17(18)19/h2-7,9,15H,8,10H2,1H3. The van der Waals surface area contributed by atoms with Gasteiger partial charge in [0.05, 0.1) is 16.8 Å². The van der Waals surface area contributed by atoms with Gasteiger partial charge in [-0.15, -0.1) is 0 Å². The number of ether oxygens (including phenoxy) is 1. The van der Waals surface area contributed by atoms with Gasteiger partial charge in [-0.05, 0) is 36.9 Å². The topological polar surface area (TPSA) is 77.3 Å². The average Bonchev–Trinajstić information content (AvgIpc) is 2.47. The molecule has 2 rings (SSSR count). The zero-order valence-electron chi connectivity index (χ0n) is 11.1. The summed E-state index contributed by atoms with van der Waals surface area (Å²) in [6.07, 6.45) is 1.66. The maximum Gasteiger partial charge on any atom is 0.269 e. The zero-order valence-corrected chi connectivity index (χ0v) is 11.1. The van der Waals surface area contributed by atoms with Crippen molar-refractivity contribution in [3.8, 4) is 5.75 Å². The van der Waals surface area contributed by atoms with Gasteiger partial charge in [0.1, 0.15) is 12.4 Å². The van der Waals surface area contributed by atoms with Gasteiger partial charge in [0.25, 0.3) is 5.69 Å². The van der Waals surface area contributed by atoms with E-state index in [-0.39, 0.29) is 5.69 Å². The molecule has 6 nitrogen and oxygen atoms in total. The molecule has 1 N–H and O–H groups in total. The largest absolute Gasteiger partial charge is 0.487 e. The van der Waals surface area contributed by atoms with E-state index in [2.05, 4.69) is 10.3 Å². The third-order valence-electron chi connectivity index (χ3n) is 2.71. The molecule has 20 heavy (non-hydrogen) atoms. The molecule has 0 aliphatic heterocycles. The number of rotatable bonds is 6. The number of nitrogens with zero attached hydrogens (tertiary/aromatic N) is 2. The van der Waals surface area contributed by atoms with Crippen LogP contribution in [0.1, 0.15) is 11.3 Å². The Morgan fingerprint density at radius 1 is 1.25 bits per heavy atom. The number of nitro benzene ring substituents is 1. The molecule has 1 heterocycles. The average molecular weight is 273 g/mol. The van der Waals surface area contributed by atoms with Crippen LogP contribution < -0.4 is 10.1 Å². The molecule has 0 fully saturated rings. The van der Waals surface area contributed by atoms with Gasteiger partial charge in [0, 0.05) is 18.7 Å². The van der Waals surface area contributed by atoms with Crippen molar-refractivity contribution in [2.45, 2.75) is 13.2 Å². The van der Waals surface area contributed by atoms with Crippen molar-refractivity contribution in [2.24, 2.45) is 0 Å². The molecule has 0 radical (unpaired) electrons. The van der Waals surface area contributed by atoms with Gasteiger partial charge < -0.3 is 10.1 Å². The number of nitro groups is 1. The Bertz CT molecular complexity index is 567. The van der Waals surface area contributed by atoms with Crippen molar-refractivity contribution in [2.75, 3.05) is 7.05 Å². The minimum Gasteiger partial charge on any atom is -0.487 e. The lowest BCUT2D eigenvalue weighted by Crippen LogP contribution is -2.06. The summed E-state index contributed by atoms with van der Waals surface area (Å²) in [5.74, 6) is 0.670. The first-order chi connectivity index (χ1) is 9.69. The Balaban J connectivity index is 1.92. The fourth-order valence-electron chi connectivity index (χ4n) is 1.66. The van der Waals surface area contributed by atoms with Gasteiger partial charge in [0.15, 0.2) is 0 Å². The SMILES string of the molecule is CNCc1ccc(OCc2ccc([N+](=O)[O-])cc2)cn1. The Kier molecular flexibility index (Phi) is 4.62. The Hall–Kier alpha value is -2.47. The molecular weight excluding hydrogens is 258 g/mol. The van der Waals surface area contributed by atoms with E-state index in [1.807, 2.05) is 19.2 Å². The second kappa shape index (κ2) is 6.63. The fraction of sp³-hybridized carbons (Fsp3) is 0.214. The van der Waals surface area contributed by atoms with Gasteiger partial charge in [-0.25, -0.2) is 0 Å². The van der Waals surface area contributed by atoms with E-state index in [1.165, 1.54) is 12.1 Å². The summed E-state index contributed by atoms with van der Waals surface area (Å²) in [7, 11) is 1.86. The Morgan fingerprint density at radius 2 is 2.00 bits per heavy atom. The molecule has 2 aromatic rings. The molecule has 0 aliphatic carbocycles. The molecular formula is C14H15N3O3. The molecule has 0 bridgehead atoms. The molecule has 1 aromatic heterocycles. The van der Waals surface area contributed by atoms with Crippen molar-refractivity contribution in [1.82, 2.24) is 10.3 Å². The van der Waals surface area contributed by atoms with E-state index >= 15 is 0 Å². The van der Waals surface area contributed by atoms with Crippen LogP contribution in [0.15, 0.2) is 42.6 Å². The highest BCUT2D eigenvalue weighted by atomic mass is 16.6. The number of aromatic nitrogens is 1. The summed E-state index contributed by atoms with van der Waals surface area (Å²) in [4.78, 5) is 14.4. The highest BCUT2D eigenvalue weighted by molar-refractivity contribution is 5.32. The van der Waals surface area contributed by atoms with Crippen molar-refractivity contribution in [1.29, 1.82) is 0 Å². The normalized spacial score (nSPS) is 10.2. The van der Waals surface area contributed by atoms with E-state index in [0.717, 1.165) is 11.3 Å². The summed E-state index contributed by atoms with van der Waals surface area (Å²) in [5, 5.41) is 13.6. The molecule has 0 atom stereocenters. The number of hydrogen-bond acceptors (Lipinski definition) is 5. The molecule has 6 heteroatoms. The predicted octanol–water partition coefficient (Wildman–Crippen LogP) is 2.29. The van der Waals surface area contributed by atoms with Crippen LogP contribution in [0.5, 0.6) is 5.75 Å². The molecule has 104 valence electrons. The van der Waals surface area contributed by atoms with Crippen molar-refractivity contribution in [3.05, 3.63) is 64.0 Å². The first kappa shape index (κ1) is 14.0. The molecule has 0 amide bonds. The number of nitrogens with one attached hydrogen (secondary N) is 1. The van der Waals surface area contributed by atoms with Gasteiger partial charge >= 0.3 is 0 Å². The highest BCUT2D eigenvalue weighted by Crippen LogP contribution is 2.15. The summed E-state index contributed by atoms with van der Waals surface area (Å²) in [5.41, 5.74) is 1.89. The lowest BCUT2D eigenvalue weighted by molar-refractivity contribution is -0.384. The summed E-state index contributed by atoms with van der Waals surface area (Å²) in [6.45, 7) is 1.06. The zero-order chi connectivity index (χ0) is 14.4. The summed E-state index contributed by atoms with van der Waals surface area (Å²) >= 11 is 0. The van der Waals surface area contributed by atoms with E-state index < -0.39 is 4.92 Å². The number of pyridine rings is 1. The monoisotopic (exact) mass is 273 g/mol. The summed E-state index contributed by atoms with van der Waals surface area (Å²) < 4.78 is 5.57. The minimum absolute atomic E-state index is 0.0758. The predicted molar refractivity (Wildman–Crippen MR) is 74.4 cm³/mol. The van der Waals surface area contributed by atoms with Gasteiger partial charge in [0.2, 0.25) is 0 Å². The number of non-ortho nitro benzene ring substituents is 1. The fourth-order valence-corrected chi connectivity index (χ4v) is 1.66. The Labute approximate surface area is 116 Å². The smallest absolute Gasteiger partial charge is 0.269 e. The maximum absolute atomic E-state index is 10.5. The Morgan fingerprint density at radius 3 is 2.55 bits per heavy atom. The third kappa shape index (κ3) is 3.76. The molecule has 0 spiro atoms. The second-order valence-corrected chi connectivity index (χ2v) is 4.23. The van der Waals surface area contributed by atoms with Crippen molar-refractivity contribution >= 4 is 5.69 Å². The quantitative estimate of drug-likeness (QED) is 0.645. The van der Waals surface area contributed by atoms with Crippen molar-refractivity contribution in [3.63, 3.8) is 0 Å². The van der Waals surface area contributed by atoms with Gasteiger partial charge in [-0.2, -0.15) is 0 Å². The first-order valence-corrected chi connectivity index (χ1v) is 6.14. The second-order valence-electron chi connectivity index (χ2n) is 4.23. The highest BCUT2D eigenvalue weighted by Gasteiger charge is 2.04. The maximum atomic E-state index is 10.5. The van der Waals surface area contributed by atoms with E-state index in [0.29, 0.717) is 18.9 Å². The lowest BCUT2D eigenvalue weighted by atomic mass is 10.2. The number of benzene rings is 1. The summed E-state index contributed by atoms with van der Waals surface area (Å²) in [6, 6.07) is 10.0. The molecule has 0 saturated heterocycles. The van der Waals surface area contributed by atoms with E-state index in [4.69, 9.17) is 4.74 Å². The van der Waals surface area contributed by atoms with Crippen LogP contribution in [-0.2, 0) is 13.2 Å². The minimum atomic E-state index is -0.422. The number of hydrogen-bond donors (Lipinski definition) is 1. The van der Waals surface area contributed by atoms with Gasteiger partial charge in [-0.3, -0.25) is 15.1 Å². The first-order valence-electron chi connectivity index (χ1n) is 6.14. The van der Waals surface area contributed by atoms with Crippen LogP contribution in [0.3, 0.4) is 0 Å². The lowest BCUT2D eigenvalue weighted by Gasteiger charge is -2.06. The van der Waals surface area contributed by atoms with Crippen LogP contribution in [0.4, 0.5) is 5.69 Å². The van der Waals surface area contributed by atoms with Crippen LogP contribution in [0, 0.1) is 10.1 Å². The van der Waals surface area contributed by atoms with Crippen molar-refractivity contribution < 1.29 is 9.66 Å². The molecule has 0 aliphatic rings. The van der Waals surface area contributed by atoms with Crippen LogP contribution in [0.25, 0.3) is 0 Å². The van der Waals surface area contributed by atoms with Gasteiger partial charge in [-0.1, -0.05) is 0 Å². The van der Waals surface area contributed by atoms with Crippen LogP contribution >= 0.6 is 0 Å². The van der Waals surface area contributed by atoms with E-state index in [1.54, 1.807) is 18.3 Å². The van der Waals surface area contributed by atoms with E-state index in [9.17, 15) is 10.1 Å². The molecule has 0 saturated carbocycles. The molecule has 1 aromatic carbocycles. The molecule has 0 unspecified atom stereocenters. The van der Waals surface area contributed by atoms with Crippen LogP contribution in [0.2, 0.25) is 0 Å².